The standard InChI is InChI=1S/C15H17ClN4O3/c1-23-14(21)10-20-9-13(18-19-20)3-2-8-17-15(22)11-4-6-12(16)7-5-11/h4-7,9H,2-3,8,10H2,1H3,(H,17,22). The Kier molecular flexibility index (Phi) is 6.10. The van der Waals surface area contributed by atoms with Gasteiger partial charge in [0.1, 0.15) is 6.54 Å². The number of ether oxygens (including phenoxy) is 1. The number of methoxy groups -OCH3 is 1. The molecule has 2 rings (SSSR count). The molecule has 122 valence electrons. The van der Waals surface area contributed by atoms with Gasteiger partial charge in [0.15, 0.2) is 0 Å². The van der Waals surface area contributed by atoms with Crippen LogP contribution >= 0.6 is 11.6 Å². The second kappa shape index (κ2) is 8.28. The summed E-state index contributed by atoms with van der Waals surface area (Å²) in [5.41, 5.74) is 1.33. The van der Waals surface area contributed by atoms with E-state index >= 15 is 0 Å². The molecular weight excluding hydrogens is 320 g/mol. The highest BCUT2D eigenvalue weighted by Gasteiger charge is 2.07. The van der Waals surface area contributed by atoms with E-state index in [0.29, 0.717) is 23.6 Å². The van der Waals surface area contributed by atoms with Crippen LogP contribution in [0.25, 0.3) is 0 Å². The molecule has 7 nitrogen and oxygen atoms in total. The lowest BCUT2D eigenvalue weighted by molar-refractivity contribution is -0.141. The van der Waals surface area contributed by atoms with Crippen LogP contribution < -0.4 is 5.32 Å². The van der Waals surface area contributed by atoms with Crippen LogP contribution in [-0.4, -0.2) is 40.5 Å². The summed E-state index contributed by atoms with van der Waals surface area (Å²) >= 11 is 5.78. The molecule has 0 bridgehead atoms. The van der Waals surface area contributed by atoms with Crippen LogP contribution in [0.5, 0.6) is 0 Å². The second-order valence-corrected chi connectivity index (χ2v) is 5.29. The van der Waals surface area contributed by atoms with E-state index in [1.165, 1.54) is 11.8 Å². The fourth-order valence-corrected chi connectivity index (χ4v) is 2.03. The molecule has 0 fully saturated rings. The van der Waals surface area contributed by atoms with Gasteiger partial charge in [-0.15, -0.1) is 5.10 Å². The van der Waals surface area contributed by atoms with Gasteiger partial charge in [0.2, 0.25) is 0 Å². The van der Waals surface area contributed by atoms with Crippen molar-refractivity contribution in [3.05, 3.63) is 46.7 Å². The molecular formula is C15H17ClN4O3. The van der Waals surface area contributed by atoms with E-state index in [9.17, 15) is 9.59 Å². The second-order valence-electron chi connectivity index (χ2n) is 4.85. The molecule has 0 aliphatic carbocycles. The fourth-order valence-electron chi connectivity index (χ4n) is 1.90. The minimum absolute atomic E-state index is 0.0385. The van der Waals surface area contributed by atoms with Crippen LogP contribution in [0.1, 0.15) is 22.5 Å². The maximum atomic E-state index is 11.9. The summed E-state index contributed by atoms with van der Waals surface area (Å²) in [5.74, 6) is -0.521. The Morgan fingerprint density at radius 2 is 2.04 bits per heavy atom. The molecule has 1 amide bonds. The van der Waals surface area contributed by atoms with Crippen LogP contribution in [-0.2, 0) is 22.5 Å². The van der Waals surface area contributed by atoms with Gasteiger partial charge in [0.05, 0.1) is 12.8 Å². The molecule has 0 saturated carbocycles. The number of nitrogens with one attached hydrogen (secondary N) is 1. The van der Waals surface area contributed by atoms with Crippen molar-refractivity contribution in [2.24, 2.45) is 0 Å². The van der Waals surface area contributed by atoms with Crippen LogP contribution in [0.2, 0.25) is 5.02 Å². The van der Waals surface area contributed by atoms with E-state index in [0.717, 1.165) is 12.1 Å². The minimum atomic E-state index is -0.378. The number of nitrogens with zero attached hydrogens (tertiary/aromatic N) is 3. The molecule has 0 radical (unpaired) electrons. The van der Waals surface area contributed by atoms with Crippen molar-refractivity contribution in [1.29, 1.82) is 0 Å². The Bertz CT molecular complexity index is 670. The van der Waals surface area contributed by atoms with Crippen molar-refractivity contribution in [3.63, 3.8) is 0 Å². The summed E-state index contributed by atoms with van der Waals surface area (Å²) in [6.45, 7) is 0.558. The quantitative estimate of drug-likeness (QED) is 0.611. The van der Waals surface area contributed by atoms with E-state index in [1.807, 2.05) is 0 Å². The number of rotatable bonds is 7. The van der Waals surface area contributed by atoms with Gasteiger partial charge in [-0.25, -0.2) is 4.68 Å². The van der Waals surface area contributed by atoms with Gasteiger partial charge in [-0.05, 0) is 37.1 Å². The van der Waals surface area contributed by atoms with Crippen molar-refractivity contribution >= 4 is 23.5 Å². The van der Waals surface area contributed by atoms with Gasteiger partial charge in [0, 0.05) is 23.3 Å². The Labute approximate surface area is 138 Å². The molecule has 0 aliphatic rings. The van der Waals surface area contributed by atoms with Gasteiger partial charge in [0.25, 0.3) is 5.91 Å². The molecule has 1 heterocycles. The van der Waals surface area contributed by atoms with Crippen molar-refractivity contribution in [2.75, 3.05) is 13.7 Å². The van der Waals surface area contributed by atoms with Crippen LogP contribution in [0.3, 0.4) is 0 Å². The van der Waals surface area contributed by atoms with Crippen molar-refractivity contribution < 1.29 is 14.3 Å². The first kappa shape index (κ1) is 17.0. The molecule has 1 aromatic heterocycles. The van der Waals surface area contributed by atoms with E-state index in [2.05, 4.69) is 20.4 Å². The number of aromatic nitrogens is 3. The first-order chi connectivity index (χ1) is 11.1. The Morgan fingerprint density at radius 1 is 1.30 bits per heavy atom. The molecule has 0 atom stereocenters. The SMILES string of the molecule is COC(=O)Cn1cc(CCCNC(=O)c2ccc(Cl)cc2)nn1. The topological polar surface area (TPSA) is 86.1 Å². The zero-order valence-electron chi connectivity index (χ0n) is 12.7. The predicted molar refractivity (Wildman–Crippen MR) is 84.1 cm³/mol. The van der Waals surface area contributed by atoms with Crippen molar-refractivity contribution in [3.8, 4) is 0 Å². The minimum Gasteiger partial charge on any atom is -0.468 e. The Balaban J connectivity index is 1.72. The average Bonchev–Trinajstić information content (AvgIpc) is 2.99. The van der Waals surface area contributed by atoms with E-state index in [-0.39, 0.29) is 18.4 Å². The highest BCUT2D eigenvalue weighted by atomic mass is 35.5. The maximum absolute atomic E-state index is 11.9. The molecule has 0 aliphatic heterocycles. The number of benzene rings is 1. The molecule has 23 heavy (non-hydrogen) atoms. The first-order valence-corrected chi connectivity index (χ1v) is 7.46. The van der Waals surface area contributed by atoms with Gasteiger partial charge in [-0.2, -0.15) is 0 Å². The summed E-state index contributed by atoms with van der Waals surface area (Å²) < 4.78 is 5.98. The third-order valence-corrected chi connectivity index (χ3v) is 3.36. The lowest BCUT2D eigenvalue weighted by atomic mass is 10.2. The van der Waals surface area contributed by atoms with Crippen LogP contribution in [0, 0.1) is 0 Å². The first-order valence-electron chi connectivity index (χ1n) is 7.08. The largest absolute Gasteiger partial charge is 0.468 e. The number of carbonyl (C=O) groups is 2. The highest BCUT2D eigenvalue weighted by molar-refractivity contribution is 6.30. The lowest BCUT2D eigenvalue weighted by Gasteiger charge is -2.04. The highest BCUT2D eigenvalue weighted by Crippen LogP contribution is 2.09. The normalized spacial score (nSPS) is 10.3. The maximum Gasteiger partial charge on any atom is 0.327 e. The molecule has 1 aromatic carbocycles. The van der Waals surface area contributed by atoms with E-state index in [1.54, 1.807) is 30.5 Å². The van der Waals surface area contributed by atoms with Gasteiger partial charge >= 0.3 is 5.97 Å². The summed E-state index contributed by atoms with van der Waals surface area (Å²) in [4.78, 5) is 23.0. The number of hydrogen-bond donors (Lipinski definition) is 1. The van der Waals surface area contributed by atoms with Gasteiger partial charge in [-0.3, -0.25) is 9.59 Å². The van der Waals surface area contributed by atoms with E-state index in [4.69, 9.17) is 11.6 Å². The predicted octanol–water partition coefficient (Wildman–Crippen LogP) is 1.47. The zero-order chi connectivity index (χ0) is 16.7. The molecule has 1 N–H and O–H groups in total. The Morgan fingerprint density at radius 3 is 2.74 bits per heavy atom. The van der Waals surface area contributed by atoms with E-state index < -0.39 is 0 Å². The third kappa shape index (κ3) is 5.37. The summed E-state index contributed by atoms with van der Waals surface area (Å²) in [6.07, 6.45) is 3.07. The smallest absolute Gasteiger partial charge is 0.327 e. The number of carbonyl (C=O) groups excluding carboxylic acids is 2. The van der Waals surface area contributed by atoms with Crippen LogP contribution in [0.15, 0.2) is 30.5 Å². The number of hydrogen-bond acceptors (Lipinski definition) is 5. The lowest BCUT2D eigenvalue weighted by Crippen LogP contribution is -2.24. The van der Waals surface area contributed by atoms with Crippen molar-refractivity contribution in [1.82, 2.24) is 20.3 Å². The summed E-state index contributed by atoms with van der Waals surface area (Å²) in [7, 11) is 1.32. The molecule has 2 aromatic rings. The number of aryl methyl sites for hydroxylation is 1. The summed E-state index contributed by atoms with van der Waals surface area (Å²) in [6, 6.07) is 6.71. The third-order valence-electron chi connectivity index (χ3n) is 3.11. The van der Waals surface area contributed by atoms with Crippen molar-refractivity contribution in [2.45, 2.75) is 19.4 Å². The monoisotopic (exact) mass is 336 g/mol. The molecule has 0 unspecified atom stereocenters. The number of esters is 1. The Hall–Kier alpha value is -2.41. The average molecular weight is 337 g/mol. The summed E-state index contributed by atoms with van der Waals surface area (Å²) in [5, 5.41) is 11.2. The number of halogens is 1. The molecule has 0 spiro atoms. The molecule has 8 heteroatoms. The van der Waals surface area contributed by atoms with Gasteiger partial charge in [-0.1, -0.05) is 16.8 Å². The van der Waals surface area contributed by atoms with Gasteiger partial charge < -0.3 is 10.1 Å². The zero-order valence-corrected chi connectivity index (χ0v) is 13.4. The van der Waals surface area contributed by atoms with Crippen LogP contribution in [0.4, 0.5) is 0 Å². The number of amides is 1. The molecule has 0 saturated heterocycles. The fraction of sp³-hybridized carbons (Fsp3) is 0.333.